The van der Waals surface area contributed by atoms with Gasteiger partial charge in [-0.15, -0.1) is 6.58 Å². The van der Waals surface area contributed by atoms with Gasteiger partial charge in [0.25, 0.3) is 0 Å². The molecule has 3 heteroatoms. The lowest BCUT2D eigenvalue weighted by molar-refractivity contribution is -0.141. The topological polar surface area (TPSA) is 38.7 Å². The van der Waals surface area contributed by atoms with Crippen LogP contribution in [0, 0.1) is 0 Å². The molecule has 0 unspecified atom stereocenters. The van der Waals surface area contributed by atoms with E-state index in [1.165, 1.54) is 0 Å². The van der Waals surface area contributed by atoms with Crippen LogP contribution in [-0.2, 0) is 9.47 Å². The van der Waals surface area contributed by atoms with E-state index in [9.17, 15) is 5.11 Å². The van der Waals surface area contributed by atoms with E-state index in [0.717, 1.165) is 19.3 Å². The van der Waals surface area contributed by atoms with Gasteiger partial charge in [-0.25, -0.2) is 0 Å². The maximum atomic E-state index is 9.74. The summed E-state index contributed by atoms with van der Waals surface area (Å²) >= 11 is 0. The van der Waals surface area contributed by atoms with Gasteiger partial charge >= 0.3 is 0 Å². The molecule has 1 aliphatic heterocycles. The summed E-state index contributed by atoms with van der Waals surface area (Å²) < 4.78 is 11.1. The van der Waals surface area contributed by atoms with Gasteiger partial charge in [0.15, 0.2) is 5.79 Å². The van der Waals surface area contributed by atoms with Crippen molar-refractivity contribution in [3.05, 3.63) is 12.7 Å². The van der Waals surface area contributed by atoms with Crippen LogP contribution in [0.3, 0.4) is 0 Å². The van der Waals surface area contributed by atoms with Crippen molar-refractivity contribution in [2.45, 2.75) is 57.5 Å². The van der Waals surface area contributed by atoms with Gasteiger partial charge in [-0.05, 0) is 33.1 Å². The highest BCUT2D eigenvalue weighted by Gasteiger charge is 2.33. The highest BCUT2D eigenvalue weighted by molar-refractivity contribution is 4.75. The first kappa shape index (κ1) is 12.7. The standard InChI is InChI=1S/C12H22O3/c1-4-5-6-7-10(13)8-11-9-14-12(2,3)15-11/h4,10-11,13H,1,5-9H2,2-3H3/t10-,11-/m1/s1. The Kier molecular flexibility index (Phi) is 4.77. The monoisotopic (exact) mass is 214 g/mol. The molecule has 0 aromatic carbocycles. The van der Waals surface area contributed by atoms with Crippen molar-refractivity contribution in [2.24, 2.45) is 0 Å². The molecule has 2 atom stereocenters. The Morgan fingerprint density at radius 3 is 2.87 bits per heavy atom. The average Bonchev–Trinajstić information content (AvgIpc) is 2.46. The Morgan fingerprint density at radius 2 is 2.33 bits per heavy atom. The molecule has 0 aliphatic carbocycles. The Morgan fingerprint density at radius 1 is 1.60 bits per heavy atom. The molecule has 0 radical (unpaired) electrons. The lowest BCUT2D eigenvalue weighted by Gasteiger charge is -2.18. The van der Waals surface area contributed by atoms with Gasteiger partial charge in [0.05, 0.1) is 18.8 Å². The van der Waals surface area contributed by atoms with Crippen LogP contribution in [0.4, 0.5) is 0 Å². The SMILES string of the molecule is C=CCCC[C@@H](O)C[C@@H]1COC(C)(C)O1. The maximum Gasteiger partial charge on any atom is 0.163 e. The highest BCUT2D eigenvalue weighted by Crippen LogP contribution is 2.25. The predicted octanol–water partition coefficient (Wildman–Crippen LogP) is 2.25. The van der Waals surface area contributed by atoms with Crippen LogP contribution in [0.1, 0.15) is 39.5 Å². The number of rotatable bonds is 6. The summed E-state index contributed by atoms with van der Waals surface area (Å²) in [5, 5.41) is 9.74. The largest absolute Gasteiger partial charge is 0.393 e. The third-order valence-electron chi connectivity index (χ3n) is 2.55. The lowest BCUT2D eigenvalue weighted by atomic mass is 10.1. The number of ether oxygens (including phenoxy) is 2. The Bertz CT molecular complexity index is 201. The fourth-order valence-electron chi connectivity index (χ4n) is 1.80. The van der Waals surface area contributed by atoms with Crippen molar-refractivity contribution < 1.29 is 14.6 Å². The quantitative estimate of drug-likeness (QED) is 0.544. The molecular weight excluding hydrogens is 192 g/mol. The van der Waals surface area contributed by atoms with Crippen LogP contribution in [0.25, 0.3) is 0 Å². The third-order valence-corrected chi connectivity index (χ3v) is 2.55. The molecule has 88 valence electrons. The lowest BCUT2D eigenvalue weighted by Crippen LogP contribution is -2.24. The number of allylic oxidation sites excluding steroid dienone is 1. The van der Waals surface area contributed by atoms with Crippen LogP contribution in [0.5, 0.6) is 0 Å². The van der Waals surface area contributed by atoms with E-state index in [-0.39, 0.29) is 12.2 Å². The molecule has 3 nitrogen and oxygen atoms in total. The Labute approximate surface area is 92.1 Å². The van der Waals surface area contributed by atoms with Crippen molar-refractivity contribution in [3.8, 4) is 0 Å². The summed E-state index contributed by atoms with van der Waals surface area (Å²) in [7, 11) is 0. The molecule has 0 bridgehead atoms. The van der Waals surface area contributed by atoms with Crippen molar-refractivity contribution in [1.29, 1.82) is 0 Å². The summed E-state index contributed by atoms with van der Waals surface area (Å²) in [5.41, 5.74) is 0. The first-order chi connectivity index (χ1) is 7.03. The number of unbranched alkanes of at least 4 members (excludes halogenated alkanes) is 1. The number of hydrogen-bond donors (Lipinski definition) is 1. The second kappa shape index (κ2) is 5.64. The van der Waals surface area contributed by atoms with E-state index in [2.05, 4.69) is 6.58 Å². The molecule has 1 fully saturated rings. The van der Waals surface area contributed by atoms with Crippen molar-refractivity contribution in [2.75, 3.05) is 6.61 Å². The zero-order valence-corrected chi connectivity index (χ0v) is 9.74. The van der Waals surface area contributed by atoms with E-state index in [1.54, 1.807) is 0 Å². The molecule has 0 aromatic rings. The minimum Gasteiger partial charge on any atom is -0.393 e. The minimum atomic E-state index is -0.481. The maximum absolute atomic E-state index is 9.74. The predicted molar refractivity (Wildman–Crippen MR) is 59.6 cm³/mol. The number of aliphatic hydroxyl groups is 1. The van der Waals surface area contributed by atoms with Crippen LogP contribution in [0.2, 0.25) is 0 Å². The third kappa shape index (κ3) is 4.78. The minimum absolute atomic E-state index is 0.0405. The molecule has 0 spiro atoms. The molecule has 1 rings (SSSR count). The van der Waals surface area contributed by atoms with Gasteiger partial charge in [-0.1, -0.05) is 6.08 Å². The molecule has 1 N–H and O–H groups in total. The van der Waals surface area contributed by atoms with Gasteiger partial charge < -0.3 is 14.6 Å². The Balaban J connectivity index is 2.15. The van der Waals surface area contributed by atoms with Gasteiger partial charge in [0, 0.05) is 6.42 Å². The Hall–Kier alpha value is -0.380. The van der Waals surface area contributed by atoms with Crippen LogP contribution < -0.4 is 0 Å². The van der Waals surface area contributed by atoms with Gasteiger partial charge in [0.2, 0.25) is 0 Å². The molecule has 15 heavy (non-hydrogen) atoms. The number of hydrogen-bond acceptors (Lipinski definition) is 3. The average molecular weight is 214 g/mol. The van der Waals surface area contributed by atoms with Crippen LogP contribution in [0.15, 0.2) is 12.7 Å². The summed E-state index contributed by atoms with van der Waals surface area (Å²) in [6.45, 7) is 8.04. The molecular formula is C12H22O3. The summed E-state index contributed by atoms with van der Waals surface area (Å²) in [6, 6.07) is 0. The van der Waals surface area contributed by atoms with Crippen LogP contribution in [-0.4, -0.2) is 29.7 Å². The van der Waals surface area contributed by atoms with E-state index in [4.69, 9.17) is 9.47 Å². The molecule has 0 amide bonds. The summed E-state index contributed by atoms with van der Waals surface area (Å²) in [4.78, 5) is 0. The zero-order chi connectivity index (χ0) is 11.3. The highest BCUT2D eigenvalue weighted by atomic mass is 16.7. The molecule has 0 saturated carbocycles. The zero-order valence-electron chi connectivity index (χ0n) is 9.74. The molecule has 1 saturated heterocycles. The smallest absolute Gasteiger partial charge is 0.163 e. The molecule has 1 aliphatic rings. The summed E-state index contributed by atoms with van der Waals surface area (Å²) in [5.74, 6) is -0.481. The van der Waals surface area contributed by atoms with Crippen molar-refractivity contribution >= 4 is 0 Å². The summed E-state index contributed by atoms with van der Waals surface area (Å²) in [6.07, 6.45) is 5.07. The van der Waals surface area contributed by atoms with E-state index < -0.39 is 5.79 Å². The fourth-order valence-corrected chi connectivity index (χ4v) is 1.80. The fraction of sp³-hybridized carbons (Fsp3) is 0.833. The van der Waals surface area contributed by atoms with Crippen LogP contribution >= 0.6 is 0 Å². The van der Waals surface area contributed by atoms with E-state index >= 15 is 0 Å². The van der Waals surface area contributed by atoms with Gasteiger partial charge in [0.1, 0.15) is 0 Å². The van der Waals surface area contributed by atoms with E-state index in [0.29, 0.717) is 13.0 Å². The van der Waals surface area contributed by atoms with Crippen molar-refractivity contribution in [3.63, 3.8) is 0 Å². The number of aliphatic hydroxyl groups excluding tert-OH is 1. The molecule has 0 aromatic heterocycles. The van der Waals surface area contributed by atoms with E-state index in [1.807, 2.05) is 19.9 Å². The van der Waals surface area contributed by atoms with Gasteiger partial charge in [-0.3, -0.25) is 0 Å². The second-order valence-corrected chi connectivity index (χ2v) is 4.56. The van der Waals surface area contributed by atoms with Crippen molar-refractivity contribution in [1.82, 2.24) is 0 Å². The molecule has 1 heterocycles. The van der Waals surface area contributed by atoms with Gasteiger partial charge in [-0.2, -0.15) is 0 Å². The first-order valence-corrected chi connectivity index (χ1v) is 5.64. The normalized spacial score (nSPS) is 26.5. The first-order valence-electron chi connectivity index (χ1n) is 5.64. The second-order valence-electron chi connectivity index (χ2n) is 4.56.